The van der Waals surface area contributed by atoms with Gasteiger partial charge in [-0.1, -0.05) is 17.7 Å². The second kappa shape index (κ2) is 11.7. The highest BCUT2D eigenvalue weighted by atomic mass is 32.2. The van der Waals surface area contributed by atoms with Crippen LogP contribution in [0, 0.1) is 13.8 Å². The first-order chi connectivity index (χ1) is 17.5. The lowest BCUT2D eigenvalue weighted by Gasteiger charge is -2.25. The van der Waals surface area contributed by atoms with Gasteiger partial charge in [-0.2, -0.15) is 17.6 Å². The molecule has 0 aliphatic rings. The first-order valence-electron chi connectivity index (χ1n) is 11.2. The average molecular weight is 569 g/mol. The SMILES string of the molecule is CCn1c(C)[n+](CC)c2ccc(C(=O)OCC(F)(F)C(F)(F)C(F)F)cc21.Cc1ccc(S(=O)(=O)[O-])cc1. The molecule has 0 fully saturated rings. The molecule has 0 atom stereocenters. The van der Waals surface area contributed by atoms with E-state index in [2.05, 4.69) is 4.74 Å². The summed E-state index contributed by atoms with van der Waals surface area (Å²) in [5, 5.41) is 0. The maximum Gasteiger partial charge on any atom is 0.372 e. The predicted molar refractivity (Wildman–Crippen MR) is 124 cm³/mol. The van der Waals surface area contributed by atoms with Crippen LogP contribution < -0.4 is 4.57 Å². The lowest BCUT2D eigenvalue weighted by molar-refractivity contribution is -0.674. The summed E-state index contributed by atoms with van der Waals surface area (Å²) in [5.74, 6) is -11.2. The molecule has 0 unspecified atom stereocenters. The number of hydrogen-bond donors (Lipinski definition) is 0. The Labute approximate surface area is 215 Å². The smallest absolute Gasteiger partial charge is 0.372 e. The number of imidazole rings is 1. The minimum atomic E-state index is -5.60. The minimum absolute atomic E-state index is 0.144. The summed E-state index contributed by atoms with van der Waals surface area (Å²) >= 11 is 0. The Bertz CT molecular complexity index is 1390. The van der Waals surface area contributed by atoms with E-state index in [-0.39, 0.29) is 10.5 Å². The van der Waals surface area contributed by atoms with E-state index in [1.54, 1.807) is 18.2 Å². The van der Waals surface area contributed by atoms with E-state index in [1.165, 1.54) is 24.3 Å². The largest absolute Gasteiger partial charge is 0.744 e. The molecule has 0 aliphatic carbocycles. The van der Waals surface area contributed by atoms with Crippen LogP contribution >= 0.6 is 0 Å². The molecule has 7 nitrogen and oxygen atoms in total. The number of esters is 1. The van der Waals surface area contributed by atoms with Crippen LogP contribution in [-0.4, -0.2) is 48.4 Å². The molecular weight excluding hydrogens is 542 g/mol. The number of aryl methyl sites for hydroxylation is 3. The Kier molecular flexibility index (Phi) is 9.59. The van der Waals surface area contributed by atoms with E-state index in [1.807, 2.05) is 36.8 Å². The van der Waals surface area contributed by atoms with Gasteiger partial charge in [0.1, 0.15) is 10.1 Å². The van der Waals surface area contributed by atoms with Crippen LogP contribution in [0.5, 0.6) is 0 Å². The number of fused-ring (bicyclic) bond motifs is 1. The van der Waals surface area contributed by atoms with Crippen molar-refractivity contribution < 1.29 is 53.4 Å². The summed E-state index contributed by atoms with van der Waals surface area (Å²) in [6.07, 6.45) is -4.58. The van der Waals surface area contributed by atoms with Crippen molar-refractivity contribution in [2.45, 2.75) is 64.0 Å². The van der Waals surface area contributed by atoms with Gasteiger partial charge in [-0.05, 0) is 45.0 Å². The lowest BCUT2D eigenvalue weighted by atomic mass is 10.2. The highest BCUT2D eigenvalue weighted by Crippen LogP contribution is 2.39. The second-order valence-electron chi connectivity index (χ2n) is 8.21. The van der Waals surface area contributed by atoms with Gasteiger partial charge in [0, 0.05) is 13.0 Å². The van der Waals surface area contributed by atoms with Crippen molar-refractivity contribution in [2.24, 2.45) is 0 Å². The third kappa shape index (κ3) is 6.65. The third-order valence-electron chi connectivity index (χ3n) is 5.66. The van der Waals surface area contributed by atoms with E-state index in [0.29, 0.717) is 18.6 Å². The molecule has 2 aromatic carbocycles. The summed E-state index contributed by atoms with van der Waals surface area (Å²) in [6, 6.07) is 10.1. The molecule has 0 spiro atoms. The number of aromatic nitrogens is 2. The van der Waals surface area contributed by atoms with Crippen molar-refractivity contribution >= 4 is 27.1 Å². The Balaban J connectivity index is 0.000000384. The predicted octanol–water partition coefficient (Wildman–Crippen LogP) is 4.87. The number of halogens is 6. The molecule has 0 N–H and O–H groups in total. The Hall–Kier alpha value is -3.13. The van der Waals surface area contributed by atoms with Gasteiger partial charge >= 0.3 is 24.2 Å². The van der Waals surface area contributed by atoms with Gasteiger partial charge in [0.25, 0.3) is 5.82 Å². The molecule has 0 radical (unpaired) electrons. The fraction of sp³-hybridized carbons (Fsp3) is 0.417. The number of benzene rings is 2. The number of carbonyl (C=O) groups is 1. The standard InChI is InChI=1S/C17H19F6N2O2.C7H8O3S/c1-4-24-10(3)25(5-2)13-8-11(6-7-12(13)24)14(26)27-9-16(20,21)17(22,23)15(18)19;1-6-2-4-7(5-3-6)11(8,9)10/h6-8,15H,4-5,9H2,1-3H3;2-5H,1H3,(H,8,9,10)/q+1;/p-1. The zero-order valence-electron chi connectivity index (χ0n) is 20.9. The van der Waals surface area contributed by atoms with Crippen molar-refractivity contribution in [1.82, 2.24) is 4.57 Å². The first-order valence-corrected chi connectivity index (χ1v) is 12.6. The van der Waals surface area contributed by atoms with Crippen LogP contribution in [0.2, 0.25) is 0 Å². The summed E-state index contributed by atoms with van der Waals surface area (Å²) < 4.78 is 116. The number of hydrogen-bond acceptors (Lipinski definition) is 5. The summed E-state index contributed by atoms with van der Waals surface area (Å²) in [4.78, 5) is 11.8. The van der Waals surface area contributed by atoms with E-state index in [9.17, 15) is 44.1 Å². The van der Waals surface area contributed by atoms with Crippen molar-refractivity contribution in [3.05, 3.63) is 59.4 Å². The van der Waals surface area contributed by atoms with Crippen LogP contribution in [0.1, 0.15) is 35.6 Å². The van der Waals surface area contributed by atoms with Gasteiger partial charge in [0.05, 0.1) is 23.5 Å². The minimum Gasteiger partial charge on any atom is -0.744 e. The fourth-order valence-corrected chi connectivity index (χ4v) is 4.06. The maximum absolute atomic E-state index is 13.3. The normalized spacial score (nSPS) is 12.4. The molecule has 0 saturated heterocycles. The summed E-state index contributed by atoms with van der Waals surface area (Å²) in [6.45, 7) is 6.59. The Morgan fingerprint density at radius 1 is 1.05 bits per heavy atom. The van der Waals surface area contributed by atoms with Gasteiger partial charge < -0.3 is 9.29 Å². The van der Waals surface area contributed by atoms with Crippen molar-refractivity contribution in [3.8, 4) is 0 Å². The number of nitrogens with zero attached hydrogens (tertiary/aromatic N) is 2. The molecule has 3 aromatic rings. The topological polar surface area (TPSA) is 92.3 Å². The average Bonchev–Trinajstić information content (AvgIpc) is 3.11. The zero-order valence-corrected chi connectivity index (χ0v) is 21.7. The molecule has 0 bridgehead atoms. The van der Waals surface area contributed by atoms with Gasteiger partial charge in [-0.15, -0.1) is 0 Å². The molecule has 3 rings (SSSR count). The van der Waals surface area contributed by atoms with Crippen LogP contribution in [0.4, 0.5) is 26.3 Å². The van der Waals surface area contributed by atoms with Crippen LogP contribution in [0.3, 0.4) is 0 Å². The number of ether oxygens (including phenoxy) is 1. The molecule has 0 aliphatic heterocycles. The molecule has 1 heterocycles. The van der Waals surface area contributed by atoms with Crippen molar-refractivity contribution in [1.29, 1.82) is 0 Å². The Morgan fingerprint density at radius 2 is 1.63 bits per heavy atom. The second-order valence-corrected chi connectivity index (χ2v) is 9.59. The van der Waals surface area contributed by atoms with Crippen molar-refractivity contribution in [2.75, 3.05) is 6.61 Å². The maximum atomic E-state index is 13.3. The van der Waals surface area contributed by atoms with Crippen LogP contribution in [-0.2, 0) is 27.9 Å². The fourth-order valence-electron chi connectivity index (χ4n) is 3.59. The van der Waals surface area contributed by atoms with Gasteiger partial charge in [0.15, 0.2) is 17.6 Å². The van der Waals surface area contributed by atoms with Gasteiger partial charge in [-0.3, -0.25) is 0 Å². The zero-order chi connectivity index (χ0) is 29.1. The molecule has 38 heavy (non-hydrogen) atoms. The molecule has 0 amide bonds. The third-order valence-corrected chi connectivity index (χ3v) is 6.51. The summed E-state index contributed by atoms with van der Waals surface area (Å²) in [5.41, 5.74) is 2.21. The molecule has 14 heteroatoms. The number of carbonyl (C=O) groups excluding carboxylic acids is 1. The molecule has 1 aromatic heterocycles. The molecule has 0 saturated carbocycles. The number of rotatable bonds is 8. The Morgan fingerprint density at radius 3 is 2.11 bits per heavy atom. The van der Waals surface area contributed by atoms with Crippen LogP contribution in [0.15, 0.2) is 47.4 Å². The highest BCUT2D eigenvalue weighted by Gasteiger charge is 2.63. The quantitative estimate of drug-likeness (QED) is 0.167. The molecule has 210 valence electrons. The van der Waals surface area contributed by atoms with E-state index in [0.717, 1.165) is 16.9 Å². The lowest BCUT2D eigenvalue weighted by Crippen LogP contribution is -2.49. The van der Waals surface area contributed by atoms with E-state index in [4.69, 9.17) is 0 Å². The molecular formula is C24H26F6N2O5S. The monoisotopic (exact) mass is 568 g/mol. The first kappa shape index (κ1) is 31.1. The summed E-state index contributed by atoms with van der Waals surface area (Å²) in [7, 11) is -4.27. The van der Waals surface area contributed by atoms with E-state index < -0.39 is 41.0 Å². The number of alkyl halides is 6. The van der Waals surface area contributed by atoms with Crippen molar-refractivity contribution in [3.63, 3.8) is 0 Å². The highest BCUT2D eigenvalue weighted by molar-refractivity contribution is 7.85. The van der Waals surface area contributed by atoms with Gasteiger partial charge in [0.2, 0.25) is 0 Å². The van der Waals surface area contributed by atoms with E-state index >= 15 is 0 Å². The van der Waals surface area contributed by atoms with Gasteiger partial charge in [-0.25, -0.2) is 31.1 Å². The van der Waals surface area contributed by atoms with Crippen LogP contribution in [0.25, 0.3) is 11.0 Å².